The van der Waals surface area contributed by atoms with Crippen LogP contribution in [0.3, 0.4) is 0 Å². The quantitative estimate of drug-likeness (QED) is 0.677. The molecule has 0 aliphatic heterocycles. The first-order chi connectivity index (χ1) is 12.5. The minimum absolute atomic E-state index is 0.290. The van der Waals surface area contributed by atoms with Gasteiger partial charge in [0, 0.05) is 31.2 Å². The Hall–Kier alpha value is -2.30. The van der Waals surface area contributed by atoms with Gasteiger partial charge < -0.3 is 5.11 Å². The normalized spacial score (nSPS) is 12.8. The molecule has 0 saturated heterocycles. The summed E-state index contributed by atoms with van der Waals surface area (Å²) in [5, 5.41) is 11.7. The fraction of sp³-hybridized carbons (Fsp3) is 0.318. The lowest BCUT2D eigenvalue weighted by Gasteiger charge is -2.27. The summed E-state index contributed by atoms with van der Waals surface area (Å²) in [5.74, 6) is 0.181. The molecule has 4 heteroatoms. The average molecular weight is 352 g/mol. The first kappa shape index (κ1) is 18.5. The molecule has 0 aliphatic carbocycles. The Morgan fingerprint density at radius 1 is 1.00 bits per heavy atom. The summed E-state index contributed by atoms with van der Waals surface area (Å²) in [6.07, 6.45) is 1.16. The molecule has 26 heavy (non-hydrogen) atoms. The summed E-state index contributed by atoms with van der Waals surface area (Å²) in [7, 11) is 0. The van der Waals surface area contributed by atoms with Gasteiger partial charge in [-0.25, -0.2) is 4.39 Å². The van der Waals surface area contributed by atoms with E-state index in [1.165, 1.54) is 12.1 Å². The van der Waals surface area contributed by atoms with Crippen LogP contribution in [0.1, 0.15) is 31.1 Å². The minimum Gasteiger partial charge on any atom is -0.387 e. The molecular formula is C22H25FN2O. The minimum atomic E-state index is -0.655. The first-order valence-electron chi connectivity index (χ1n) is 9.01. The van der Waals surface area contributed by atoms with Crippen LogP contribution in [-0.4, -0.2) is 28.1 Å². The lowest BCUT2D eigenvalue weighted by atomic mass is 10.1. The predicted molar refractivity (Wildman–Crippen MR) is 103 cm³/mol. The molecule has 1 heterocycles. The number of benzene rings is 2. The number of aliphatic hydroxyl groups excluding tert-OH is 1. The second-order valence-electron chi connectivity index (χ2n) is 7.15. The van der Waals surface area contributed by atoms with Crippen molar-refractivity contribution in [1.29, 1.82) is 0 Å². The molecule has 1 aromatic heterocycles. The number of halogens is 1. The van der Waals surface area contributed by atoms with Crippen molar-refractivity contribution < 1.29 is 9.50 Å². The molecule has 136 valence electrons. The summed E-state index contributed by atoms with van der Waals surface area (Å²) < 4.78 is 13.1. The lowest BCUT2D eigenvalue weighted by Crippen LogP contribution is -2.31. The highest BCUT2D eigenvalue weighted by molar-refractivity contribution is 5.81. The molecular weight excluding hydrogens is 327 g/mol. The van der Waals surface area contributed by atoms with Gasteiger partial charge in [-0.15, -0.1) is 0 Å². The Bertz CT molecular complexity index is 843. The van der Waals surface area contributed by atoms with Crippen molar-refractivity contribution >= 4 is 10.9 Å². The third kappa shape index (κ3) is 4.65. The Morgan fingerprint density at radius 2 is 1.73 bits per heavy atom. The van der Waals surface area contributed by atoms with Gasteiger partial charge in [0.15, 0.2) is 0 Å². The second kappa shape index (κ2) is 8.39. The van der Waals surface area contributed by atoms with E-state index in [2.05, 4.69) is 41.9 Å². The van der Waals surface area contributed by atoms with Crippen LogP contribution in [0.2, 0.25) is 0 Å². The molecule has 0 fully saturated rings. The molecule has 3 rings (SSSR count). The van der Waals surface area contributed by atoms with Crippen molar-refractivity contribution in [2.75, 3.05) is 13.1 Å². The molecule has 3 aromatic rings. The van der Waals surface area contributed by atoms with Crippen LogP contribution in [-0.2, 0) is 6.54 Å². The van der Waals surface area contributed by atoms with E-state index in [0.29, 0.717) is 19.0 Å². The summed E-state index contributed by atoms with van der Waals surface area (Å²) in [4.78, 5) is 6.77. The zero-order valence-corrected chi connectivity index (χ0v) is 15.3. The van der Waals surface area contributed by atoms with Crippen molar-refractivity contribution in [3.63, 3.8) is 0 Å². The van der Waals surface area contributed by atoms with Crippen LogP contribution in [0.5, 0.6) is 0 Å². The monoisotopic (exact) mass is 352 g/mol. The van der Waals surface area contributed by atoms with Crippen LogP contribution < -0.4 is 0 Å². The van der Waals surface area contributed by atoms with Crippen LogP contribution >= 0.6 is 0 Å². The summed E-state index contributed by atoms with van der Waals surface area (Å²) in [5.41, 5.74) is 2.88. The number of fused-ring (bicyclic) bond motifs is 1. The molecule has 0 aliphatic rings. The fourth-order valence-electron chi connectivity index (χ4n) is 3.29. The van der Waals surface area contributed by atoms with Crippen molar-refractivity contribution in [1.82, 2.24) is 9.88 Å². The summed E-state index contributed by atoms with van der Waals surface area (Å²) in [6.45, 7) is 6.40. The lowest BCUT2D eigenvalue weighted by molar-refractivity contribution is 0.102. The zero-order chi connectivity index (χ0) is 18.5. The Morgan fingerprint density at radius 3 is 2.46 bits per heavy atom. The van der Waals surface area contributed by atoms with Gasteiger partial charge in [-0.2, -0.15) is 0 Å². The van der Waals surface area contributed by atoms with E-state index in [-0.39, 0.29) is 5.82 Å². The SMILES string of the molecule is CC(C)CN(Cc1cccc2cccnc12)CC(O)c1ccc(F)cc1. The molecule has 1 N–H and O–H groups in total. The van der Waals surface area contributed by atoms with Gasteiger partial charge in [-0.05, 0) is 35.2 Å². The average Bonchev–Trinajstić information content (AvgIpc) is 2.62. The number of para-hydroxylation sites is 1. The Kier molecular flexibility index (Phi) is 5.96. The highest BCUT2D eigenvalue weighted by atomic mass is 19.1. The molecule has 1 atom stereocenters. The number of aliphatic hydroxyl groups is 1. The van der Waals surface area contributed by atoms with E-state index in [9.17, 15) is 9.50 Å². The highest BCUT2D eigenvalue weighted by Crippen LogP contribution is 2.21. The van der Waals surface area contributed by atoms with Gasteiger partial charge in [-0.1, -0.05) is 50.2 Å². The largest absolute Gasteiger partial charge is 0.387 e. The zero-order valence-electron chi connectivity index (χ0n) is 15.3. The molecule has 3 nitrogen and oxygen atoms in total. The van der Waals surface area contributed by atoms with Gasteiger partial charge in [-0.3, -0.25) is 9.88 Å². The fourth-order valence-corrected chi connectivity index (χ4v) is 3.29. The molecule has 0 spiro atoms. The van der Waals surface area contributed by atoms with Crippen molar-refractivity contribution in [3.8, 4) is 0 Å². The number of rotatable bonds is 7. The molecule has 0 saturated carbocycles. The molecule has 0 bridgehead atoms. The van der Waals surface area contributed by atoms with E-state index in [1.807, 2.05) is 18.3 Å². The van der Waals surface area contributed by atoms with E-state index < -0.39 is 6.10 Å². The van der Waals surface area contributed by atoms with E-state index >= 15 is 0 Å². The van der Waals surface area contributed by atoms with E-state index in [4.69, 9.17) is 0 Å². The van der Waals surface area contributed by atoms with Crippen LogP contribution in [0.25, 0.3) is 10.9 Å². The molecule has 2 aromatic carbocycles. The van der Waals surface area contributed by atoms with Gasteiger partial charge in [0.05, 0.1) is 11.6 Å². The van der Waals surface area contributed by atoms with E-state index in [0.717, 1.165) is 28.6 Å². The van der Waals surface area contributed by atoms with Crippen LogP contribution in [0.15, 0.2) is 60.8 Å². The van der Waals surface area contributed by atoms with Crippen molar-refractivity contribution in [3.05, 3.63) is 77.7 Å². The van der Waals surface area contributed by atoms with Gasteiger partial charge in [0.2, 0.25) is 0 Å². The van der Waals surface area contributed by atoms with Crippen LogP contribution in [0.4, 0.5) is 4.39 Å². The second-order valence-corrected chi connectivity index (χ2v) is 7.15. The van der Waals surface area contributed by atoms with E-state index in [1.54, 1.807) is 12.1 Å². The molecule has 0 radical (unpaired) electrons. The summed E-state index contributed by atoms with van der Waals surface area (Å²) in [6, 6.07) is 16.3. The van der Waals surface area contributed by atoms with Gasteiger partial charge >= 0.3 is 0 Å². The van der Waals surface area contributed by atoms with Crippen molar-refractivity contribution in [2.24, 2.45) is 5.92 Å². The Labute approximate surface area is 154 Å². The maximum absolute atomic E-state index is 13.1. The predicted octanol–water partition coefficient (Wildman–Crippen LogP) is 4.57. The highest BCUT2D eigenvalue weighted by Gasteiger charge is 2.16. The van der Waals surface area contributed by atoms with Gasteiger partial charge in [0.1, 0.15) is 5.82 Å². The smallest absolute Gasteiger partial charge is 0.123 e. The maximum atomic E-state index is 13.1. The number of hydrogen-bond donors (Lipinski definition) is 1. The standard InChI is InChI=1S/C22H25FN2O/c1-16(2)13-25(15-21(26)17-8-10-20(23)11-9-17)14-19-6-3-5-18-7-4-12-24-22(18)19/h3-12,16,21,26H,13-15H2,1-2H3. The number of hydrogen-bond acceptors (Lipinski definition) is 3. The van der Waals surface area contributed by atoms with Crippen molar-refractivity contribution in [2.45, 2.75) is 26.5 Å². The number of pyridine rings is 1. The third-order valence-corrected chi connectivity index (χ3v) is 4.42. The number of nitrogens with zero attached hydrogens (tertiary/aromatic N) is 2. The topological polar surface area (TPSA) is 36.4 Å². The first-order valence-corrected chi connectivity index (χ1v) is 9.01. The van der Waals surface area contributed by atoms with Gasteiger partial charge in [0.25, 0.3) is 0 Å². The maximum Gasteiger partial charge on any atom is 0.123 e. The Balaban J connectivity index is 1.80. The number of aromatic nitrogens is 1. The van der Waals surface area contributed by atoms with Crippen LogP contribution in [0, 0.1) is 11.7 Å². The molecule has 1 unspecified atom stereocenters. The third-order valence-electron chi connectivity index (χ3n) is 4.42. The summed E-state index contributed by atoms with van der Waals surface area (Å²) >= 11 is 0. The molecule has 0 amide bonds.